The molecule has 0 aromatic heterocycles. The van der Waals surface area contributed by atoms with Gasteiger partial charge in [0.2, 0.25) is 0 Å². The Bertz CT molecular complexity index is 188. The standard InChI is InChI=1S/C16H33NS/c1-17(14-10-8-11-15-17)13-9-6-4-2-3-5-7-12-16-18/h2-16H2,1H3/p+1. The molecule has 0 amide bonds. The van der Waals surface area contributed by atoms with Gasteiger partial charge < -0.3 is 4.48 Å². The monoisotopic (exact) mass is 272 g/mol. The van der Waals surface area contributed by atoms with Gasteiger partial charge in [-0.2, -0.15) is 12.6 Å². The smallest absolute Gasteiger partial charge is 0.0784 e. The zero-order chi connectivity index (χ0) is 13.1. The summed E-state index contributed by atoms with van der Waals surface area (Å²) in [7, 11) is 2.47. The maximum atomic E-state index is 4.25. The van der Waals surface area contributed by atoms with Gasteiger partial charge in [0.05, 0.1) is 26.7 Å². The van der Waals surface area contributed by atoms with Gasteiger partial charge >= 0.3 is 0 Å². The van der Waals surface area contributed by atoms with E-state index in [9.17, 15) is 0 Å². The van der Waals surface area contributed by atoms with E-state index in [0.717, 1.165) is 5.75 Å². The van der Waals surface area contributed by atoms with E-state index in [1.54, 1.807) is 0 Å². The molecule has 0 radical (unpaired) electrons. The highest BCUT2D eigenvalue weighted by molar-refractivity contribution is 7.80. The Morgan fingerprint density at radius 1 is 0.722 bits per heavy atom. The number of nitrogens with zero attached hydrogens (tertiary/aromatic N) is 1. The molecule has 1 heterocycles. The van der Waals surface area contributed by atoms with Crippen LogP contribution in [0.15, 0.2) is 0 Å². The summed E-state index contributed by atoms with van der Waals surface area (Å²) >= 11 is 4.25. The fraction of sp³-hybridized carbons (Fsp3) is 1.00. The predicted molar refractivity (Wildman–Crippen MR) is 85.4 cm³/mol. The Kier molecular flexibility index (Phi) is 9.22. The fourth-order valence-corrected chi connectivity index (χ4v) is 3.39. The Morgan fingerprint density at radius 3 is 1.78 bits per heavy atom. The van der Waals surface area contributed by atoms with Crippen molar-refractivity contribution in [3.8, 4) is 0 Å². The average Bonchev–Trinajstić information content (AvgIpc) is 2.38. The minimum atomic E-state index is 1.07. The Morgan fingerprint density at radius 2 is 1.22 bits per heavy atom. The Hall–Kier alpha value is 0.310. The van der Waals surface area contributed by atoms with Crippen molar-refractivity contribution in [1.29, 1.82) is 0 Å². The number of quaternary nitrogens is 1. The summed E-state index contributed by atoms with van der Waals surface area (Å²) in [5, 5.41) is 0. The van der Waals surface area contributed by atoms with Crippen molar-refractivity contribution in [2.75, 3.05) is 32.4 Å². The summed E-state index contributed by atoms with van der Waals surface area (Å²) in [5.41, 5.74) is 0. The van der Waals surface area contributed by atoms with Crippen LogP contribution in [0, 0.1) is 0 Å². The molecule has 108 valence electrons. The third-order valence-corrected chi connectivity index (χ3v) is 4.82. The third-order valence-electron chi connectivity index (χ3n) is 4.50. The molecule has 0 atom stereocenters. The lowest BCUT2D eigenvalue weighted by Gasteiger charge is -2.37. The maximum Gasteiger partial charge on any atom is 0.0784 e. The van der Waals surface area contributed by atoms with E-state index in [4.69, 9.17) is 0 Å². The Balaban J connectivity index is 1.86. The molecule has 0 N–H and O–H groups in total. The quantitative estimate of drug-likeness (QED) is 0.333. The van der Waals surface area contributed by atoms with Gasteiger partial charge in [-0.05, 0) is 44.3 Å². The lowest BCUT2D eigenvalue weighted by atomic mass is 10.1. The van der Waals surface area contributed by atoms with E-state index in [1.807, 2.05) is 0 Å². The first-order valence-corrected chi connectivity index (χ1v) is 8.84. The highest BCUT2D eigenvalue weighted by Gasteiger charge is 2.23. The fourth-order valence-electron chi connectivity index (χ4n) is 3.17. The molecule has 0 unspecified atom stereocenters. The second-order valence-corrected chi connectivity index (χ2v) is 6.85. The van der Waals surface area contributed by atoms with Crippen LogP contribution in [0.25, 0.3) is 0 Å². The average molecular weight is 273 g/mol. The lowest BCUT2D eigenvalue weighted by Crippen LogP contribution is -2.48. The number of hydrogen-bond donors (Lipinski definition) is 1. The molecule has 1 rings (SSSR count). The lowest BCUT2D eigenvalue weighted by molar-refractivity contribution is -0.914. The summed E-state index contributed by atoms with van der Waals surface area (Å²) in [6.07, 6.45) is 15.8. The molecule has 0 aliphatic carbocycles. The van der Waals surface area contributed by atoms with Crippen LogP contribution in [0.1, 0.15) is 70.6 Å². The van der Waals surface area contributed by atoms with Crippen LogP contribution in [0.2, 0.25) is 0 Å². The third kappa shape index (κ3) is 7.68. The van der Waals surface area contributed by atoms with Crippen LogP contribution in [0.4, 0.5) is 0 Å². The van der Waals surface area contributed by atoms with E-state index in [1.165, 1.54) is 94.7 Å². The number of thiol groups is 1. The second kappa shape index (κ2) is 10.1. The molecule has 0 saturated carbocycles. The maximum absolute atomic E-state index is 4.25. The van der Waals surface area contributed by atoms with Crippen molar-refractivity contribution in [2.24, 2.45) is 0 Å². The van der Waals surface area contributed by atoms with E-state index in [-0.39, 0.29) is 0 Å². The topological polar surface area (TPSA) is 0 Å². The van der Waals surface area contributed by atoms with Crippen molar-refractivity contribution in [2.45, 2.75) is 70.6 Å². The van der Waals surface area contributed by atoms with Gasteiger partial charge in [0.15, 0.2) is 0 Å². The zero-order valence-electron chi connectivity index (χ0n) is 12.5. The molecule has 1 nitrogen and oxygen atoms in total. The molecule has 0 aromatic rings. The second-order valence-electron chi connectivity index (χ2n) is 6.40. The van der Waals surface area contributed by atoms with Crippen LogP contribution in [-0.4, -0.2) is 36.9 Å². The molecular formula is C16H34NS+. The zero-order valence-corrected chi connectivity index (χ0v) is 13.4. The first-order valence-electron chi connectivity index (χ1n) is 8.21. The number of rotatable bonds is 10. The number of hydrogen-bond acceptors (Lipinski definition) is 1. The number of unbranched alkanes of at least 4 members (excludes halogenated alkanes) is 7. The first kappa shape index (κ1) is 16.4. The molecule has 1 aliphatic rings. The minimum Gasteiger partial charge on any atom is -0.326 e. The van der Waals surface area contributed by atoms with Gasteiger partial charge in [-0.1, -0.05) is 32.1 Å². The van der Waals surface area contributed by atoms with E-state index < -0.39 is 0 Å². The van der Waals surface area contributed by atoms with Gasteiger partial charge in [-0.3, -0.25) is 0 Å². The molecular weight excluding hydrogens is 238 g/mol. The van der Waals surface area contributed by atoms with E-state index >= 15 is 0 Å². The summed E-state index contributed by atoms with van der Waals surface area (Å²) < 4.78 is 1.36. The van der Waals surface area contributed by atoms with Crippen molar-refractivity contribution in [3.63, 3.8) is 0 Å². The highest BCUT2D eigenvalue weighted by Crippen LogP contribution is 2.18. The summed E-state index contributed by atoms with van der Waals surface area (Å²) in [4.78, 5) is 0. The largest absolute Gasteiger partial charge is 0.326 e. The van der Waals surface area contributed by atoms with Crippen LogP contribution < -0.4 is 0 Å². The molecule has 1 saturated heterocycles. The summed E-state index contributed by atoms with van der Waals surface area (Å²) in [6.45, 7) is 4.30. The van der Waals surface area contributed by atoms with Crippen LogP contribution >= 0.6 is 12.6 Å². The van der Waals surface area contributed by atoms with Crippen LogP contribution in [0.5, 0.6) is 0 Å². The van der Waals surface area contributed by atoms with Crippen molar-refractivity contribution >= 4 is 12.6 Å². The molecule has 0 aromatic carbocycles. The van der Waals surface area contributed by atoms with Gasteiger partial charge in [0, 0.05) is 0 Å². The van der Waals surface area contributed by atoms with Crippen molar-refractivity contribution in [3.05, 3.63) is 0 Å². The molecule has 0 bridgehead atoms. The van der Waals surface area contributed by atoms with Gasteiger partial charge in [0.1, 0.15) is 0 Å². The van der Waals surface area contributed by atoms with Crippen LogP contribution in [-0.2, 0) is 0 Å². The Labute approximate surface area is 120 Å². The summed E-state index contributed by atoms with van der Waals surface area (Å²) in [5.74, 6) is 1.07. The van der Waals surface area contributed by atoms with E-state index in [2.05, 4.69) is 19.7 Å². The SMILES string of the molecule is C[N+]1(CCCCCCCCCCS)CCCCC1. The highest BCUT2D eigenvalue weighted by atomic mass is 32.1. The molecule has 1 fully saturated rings. The van der Waals surface area contributed by atoms with Gasteiger partial charge in [-0.25, -0.2) is 0 Å². The van der Waals surface area contributed by atoms with Crippen molar-refractivity contribution in [1.82, 2.24) is 0 Å². The molecule has 18 heavy (non-hydrogen) atoms. The predicted octanol–water partition coefficient (Wildman–Crippen LogP) is 4.67. The van der Waals surface area contributed by atoms with E-state index in [0.29, 0.717) is 0 Å². The van der Waals surface area contributed by atoms with Crippen LogP contribution in [0.3, 0.4) is 0 Å². The minimum absolute atomic E-state index is 1.07. The summed E-state index contributed by atoms with van der Waals surface area (Å²) in [6, 6.07) is 0. The van der Waals surface area contributed by atoms with Gasteiger partial charge in [0.25, 0.3) is 0 Å². The number of piperidine rings is 1. The van der Waals surface area contributed by atoms with Crippen molar-refractivity contribution < 1.29 is 4.48 Å². The first-order chi connectivity index (χ1) is 8.77. The molecule has 0 spiro atoms. The molecule has 1 aliphatic heterocycles. The normalized spacial score (nSPS) is 19.0. The molecule has 2 heteroatoms. The van der Waals surface area contributed by atoms with Gasteiger partial charge in [-0.15, -0.1) is 0 Å². The number of likely N-dealkylation sites (tertiary alicyclic amines) is 1.